The number of hydrogen-bond acceptors (Lipinski definition) is 3. The topological polar surface area (TPSA) is 67.2 Å². The van der Waals surface area contributed by atoms with Crippen molar-refractivity contribution < 1.29 is 9.59 Å². The van der Waals surface area contributed by atoms with Crippen LogP contribution in [0.5, 0.6) is 0 Å². The number of nitrogens with one attached hydrogen (secondary N) is 1. The van der Waals surface area contributed by atoms with Crippen molar-refractivity contribution in [2.75, 3.05) is 13.1 Å². The maximum atomic E-state index is 12.7. The normalized spacial score (nSPS) is 15.3. The van der Waals surface area contributed by atoms with E-state index in [1.165, 1.54) is 19.8 Å². The van der Waals surface area contributed by atoms with Crippen LogP contribution in [0.4, 0.5) is 0 Å². The van der Waals surface area contributed by atoms with Gasteiger partial charge in [0.15, 0.2) is 0 Å². The third kappa shape index (κ3) is 3.75. The lowest BCUT2D eigenvalue weighted by Crippen LogP contribution is -2.35. The molecule has 128 valence electrons. The van der Waals surface area contributed by atoms with E-state index in [9.17, 15) is 9.59 Å². The molecule has 0 atom stereocenters. The summed E-state index contributed by atoms with van der Waals surface area (Å²) < 4.78 is 1.93. The van der Waals surface area contributed by atoms with Crippen LogP contribution >= 0.6 is 0 Å². The SMILES string of the molecule is CC(=O)NCc1nc2ccccc2n1CC(=O)N1CCCCCC1. The monoisotopic (exact) mass is 328 g/mol. The molecule has 2 amide bonds. The van der Waals surface area contributed by atoms with Gasteiger partial charge >= 0.3 is 0 Å². The van der Waals surface area contributed by atoms with E-state index < -0.39 is 0 Å². The first-order valence-corrected chi connectivity index (χ1v) is 8.61. The predicted octanol–water partition coefficient (Wildman–Crippen LogP) is 2.07. The average molecular weight is 328 g/mol. The number of benzene rings is 1. The minimum absolute atomic E-state index is 0.104. The lowest BCUT2D eigenvalue weighted by molar-refractivity contribution is -0.131. The number of amides is 2. The molecule has 6 heteroatoms. The zero-order valence-electron chi connectivity index (χ0n) is 14.1. The fourth-order valence-corrected chi connectivity index (χ4v) is 3.20. The van der Waals surface area contributed by atoms with Gasteiger partial charge in [0.05, 0.1) is 17.6 Å². The summed E-state index contributed by atoms with van der Waals surface area (Å²) in [7, 11) is 0. The van der Waals surface area contributed by atoms with Crippen molar-refractivity contribution in [3.63, 3.8) is 0 Å². The fourth-order valence-electron chi connectivity index (χ4n) is 3.20. The molecule has 1 N–H and O–H groups in total. The zero-order valence-corrected chi connectivity index (χ0v) is 14.1. The van der Waals surface area contributed by atoms with E-state index in [0.717, 1.165) is 42.8 Å². The first-order valence-electron chi connectivity index (χ1n) is 8.61. The molecule has 0 unspecified atom stereocenters. The summed E-state index contributed by atoms with van der Waals surface area (Å²) in [5, 5.41) is 2.78. The zero-order chi connectivity index (χ0) is 16.9. The van der Waals surface area contributed by atoms with E-state index >= 15 is 0 Å². The number of nitrogens with zero attached hydrogens (tertiary/aromatic N) is 3. The third-order valence-corrected chi connectivity index (χ3v) is 4.48. The van der Waals surface area contributed by atoms with Crippen LogP contribution in [0.25, 0.3) is 11.0 Å². The molecule has 6 nitrogen and oxygen atoms in total. The lowest BCUT2D eigenvalue weighted by Gasteiger charge is -2.21. The van der Waals surface area contributed by atoms with Gasteiger partial charge in [0.1, 0.15) is 12.4 Å². The largest absolute Gasteiger partial charge is 0.349 e. The predicted molar refractivity (Wildman–Crippen MR) is 92.3 cm³/mol. The van der Waals surface area contributed by atoms with Crippen LogP contribution in [-0.4, -0.2) is 39.4 Å². The van der Waals surface area contributed by atoms with Crippen molar-refractivity contribution in [3.8, 4) is 0 Å². The smallest absolute Gasteiger partial charge is 0.242 e. The molecule has 0 radical (unpaired) electrons. The summed E-state index contributed by atoms with van der Waals surface area (Å²) in [4.78, 5) is 30.5. The van der Waals surface area contributed by atoms with Gasteiger partial charge in [0.2, 0.25) is 11.8 Å². The molecular weight excluding hydrogens is 304 g/mol. The van der Waals surface area contributed by atoms with Crippen LogP contribution in [0.3, 0.4) is 0 Å². The molecular formula is C18H24N4O2. The van der Waals surface area contributed by atoms with Gasteiger partial charge in [0, 0.05) is 20.0 Å². The number of rotatable bonds is 4. The van der Waals surface area contributed by atoms with Crippen LogP contribution in [0.2, 0.25) is 0 Å². The fraction of sp³-hybridized carbons (Fsp3) is 0.500. The van der Waals surface area contributed by atoms with Gasteiger partial charge in [-0.15, -0.1) is 0 Å². The minimum Gasteiger partial charge on any atom is -0.349 e. The van der Waals surface area contributed by atoms with Crippen molar-refractivity contribution in [3.05, 3.63) is 30.1 Å². The first kappa shape index (κ1) is 16.5. The molecule has 2 heterocycles. The molecule has 1 aliphatic rings. The van der Waals surface area contributed by atoms with Gasteiger partial charge in [-0.05, 0) is 25.0 Å². The van der Waals surface area contributed by atoms with Gasteiger partial charge in [0.25, 0.3) is 0 Å². The second-order valence-electron chi connectivity index (χ2n) is 6.31. The Hall–Kier alpha value is -2.37. The average Bonchev–Trinajstić information content (AvgIpc) is 2.75. The number of para-hydroxylation sites is 2. The second kappa shape index (κ2) is 7.47. The maximum Gasteiger partial charge on any atom is 0.242 e. The highest BCUT2D eigenvalue weighted by atomic mass is 16.2. The van der Waals surface area contributed by atoms with Crippen molar-refractivity contribution in [1.82, 2.24) is 19.8 Å². The lowest BCUT2D eigenvalue weighted by atomic mass is 10.2. The number of aromatic nitrogens is 2. The van der Waals surface area contributed by atoms with E-state index in [0.29, 0.717) is 6.54 Å². The molecule has 0 spiro atoms. The molecule has 1 aromatic heterocycles. The highest BCUT2D eigenvalue weighted by Gasteiger charge is 2.19. The summed E-state index contributed by atoms with van der Waals surface area (Å²) >= 11 is 0. The van der Waals surface area contributed by atoms with E-state index in [1.54, 1.807) is 0 Å². The summed E-state index contributed by atoms with van der Waals surface area (Å²) in [6.07, 6.45) is 4.56. The standard InChI is InChI=1S/C18H24N4O2/c1-14(23)19-12-17-20-15-8-4-5-9-16(15)22(17)13-18(24)21-10-6-2-3-7-11-21/h4-5,8-9H,2-3,6-7,10-13H2,1H3,(H,19,23). The Morgan fingerprint density at radius 2 is 1.83 bits per heavy atom. The third-order valence-electron chi connectivity index (χ3n) is 4.48. The van der Waals surface area contributed by atoms with Crippen molar-refractivity contribution in [2.24, 2.45) is 0 Å². The Labute approximate surface area is 141 Å². The molecule has 0 bridgehead atoms. The van der Waals surface area contributed by atoms with Gasteiger partial charge in [-0.1, -0.05) is 25.0 Å². The minimum atomic E-state index is -0.104. The summed E-state index contributed by atoms with van der Waals surface area (Å²) in [5.41, 5.74) is 1.78. The Morgan fingerprint density at radius 3 is 2.54 bits per heavy atom. The molecule has 2 aromatic rings. The highest BCUT2D eigenvalue weighted by molar-refractivity contribution is 5.81. The Kier molecular flexibility index (Phi) is 5.13. The van der Waals surface area contributed by atoms with Crippen LogP contribution in [0.1, 0.15) is 38.4 Å². The molecule has 1 aliphatic heterocycles. The molecule has 1 aromatic carbocycles. The molecule has 1 fully saturated rings. The quantitative estimate of drug-likeness (QED) is 0.934. The van der Waals surface area contributed by atoms with Gasteiger partial charge in [-0.3, -0.25) is 9.59 Å². The Balaban J connectivity index is 1.84. The Bertz CT molecular complexity index is 730. The summed E-state index contributed by atoms with van der Waals surface area (Å²) in [5.74, 6) is 0.742. The van der Waals surface area contributed by atoms with Crippen molar-refractivity contribution in [2.45, 2.75) is 45.7 Å². The number of hydrogen-bond donors (Lipinski definition) is 1. The highest BCUT2D eigenvalue weighted by Crippen LogP contribution is 2.17. The van der Waals surface area contributed by atoms with E-state index in [4.69, 9.17) is 0 Å². The molecule has 3 rings (SSSR count). The van der Waals surface area contributed by atoms with E-state index in [-0.39, 0.29) is 18.4 Å². The molecule has 0 saturated carbocycles. The number of imidazole rings is 1. The molecule has 1 saturated heterocycles. The maximum absolute atomic E-state index is 12.7. The molecule has 24 heavy (non-hydrogen) atoms. The molecule has 0 aliphatic carbocycles. The number of likely N-dealkylation sites (tertiary alicyclic amines) is 1. The van der Waals surface area contributed by atoms with Crippen LogP contribution in [0.15, 0.2) is 24.3 Å². The van der Waals surface area contributed by atoms with E-state index in [1.807, 2.05) is 33.7 Å². The second-order valence-corrected chi connectivity index (χ2v) is 6.31. The number of carbonyl (C=O) groups is 2. The first-order chi connectivity index (χ1) is 11.6. The van der Waals surface area contributed by atoms with Crippen LogP contribution < -0.4 is 5.32 Å². The Morgan fingerprint density at radius 1 is 1.12 bits per heavy atom. The van der Waals surface area contributed by atoms with E-state index in [2.05, 4.69) is 10.3 Å². The van der Waals surface area contributed by atoms with Crippen LogP contribution in [0, 0.1) is 0 Å². The van der Waals surface area contributed by atoms with Crippen LogP contribution in [-0.2, 0) is 22.7 Å². The van der Waals surface area contributed by atoms with Gasteiger partial charge in [-0.25, -0.2) is 4.98 Å². The van der Waals surface area contributed by atoms with Crippen molar-refractivity contribution >= 4 is 22.8 Å². The van der Waals surface area contributed by atoms with Gasteiger partial charge < -0.3 is 14.8 Å². The van der Waals surface area contributed by atoms with Gasteiger partial charge in [-0.2, -0.15) is 0 Å². The summed E-state index contributed by atoms with van der Waals surface area (Å²) in [6.45, 7) is 3.76. The number of carbonyl (C=O) groups excluding carboxylic acids is 2. The summed E-state index contributed by atoms with van der Waals surface area (Å²) in [6, 6.07) is 7.77. The number of fused-ring (bicyclic) bond motifs is 1. The van der Waals surface area contributed by atoms with Crippen molar-refractivity contribution in [1.29, 1.82) is 0 Å².